The van der Waals surface area contributed by atoms with Gasteiger partial charge in [-0.05, 0) is 58.3 Å². The molecule has 1 aromatic rings. The highest BCUT2D eigenvalue weighted by Crippen LogP contribution is 2.30. The lowest BCUT2D eigenvalue weighted by Crippen LogP contribution is -2.59. The van der Waals surface area contributed by atoms with E-state index < -0.39 is 41.2 Å². The Kier molecular flexibility index (Phi) is 5.38. The second-order valence-corrected chi connectivity index (χ2v) is 8.59. The molecule has 0 radical (unpaired) electrons. The van der Waals surface area contributed by atoms with Crippen molar-refractivity contribution in [2.45, 2.75) is 57.5 Å². The van der Waals surface area contributed by atoms with Crippen LogP contribution in [0, 0.1) is 0 Å². The lowest BCUT2D eigenvalue weighted by atomic mass is 9.99. The molecule has 1 atom stereocenters. The third-order valence-corrected chi connectivity index (χ3v) is 6.30. The number of benzene rings is 1. The lowest BCUT2D eigenvalue weighted by molar-refractivity contribution is -0.214. The molecule has 3 aliphatic rings. The summed E-state index contributed by atoms with van der Waals surface area (Å²) in [6.07, 6.45) is 2.88. The first-order chi connectivity index (χ1) is 14.7. The molecule has 0 saturated carbocycles. The third kappa shape index (κ3) is 3.52. The molecule has 0 N–H and O–H groups in total. The van der Waals surface area contributed by atoms with Crippen molar-refractivity contribution in [1.29, 1.82) is 0 Å². The molecule has 3 aliphatic heterocycles. The molecule has 9 nitrogen and oxygen atoms in total. The minimum absolute atomic E-state index is 0.00724. The standard InChI is InChI=1S/C22H25N3O6/c1-22(2,23-12-6-3-7-13-23)21(30)31-25-17(26)11-10-16(20(25)29)24-18(27)14-8-4-5-9-15(14)19(24)28/h4-5,8-9,16H,3,6-7,10-13H2,1-2H3. The molecule has 1 unspecified atom stereocenters. The molecule has 164 valence electrons. The van der Waals surface area contributed by atoms with Crippen LogP contribution in [0.3, 0.4) is 0 Å². The van der Waals surface area contributed by atoms with E-state index in [1.807, 2.05) is 4.90 Å². The molecule has 2 fully saturated rings. The normalized spacial score (nSPS) is 22.7. The van der Waals surface area contributed by atoms with E-state index in [2.05, 4.69) is 0 Å². The van der Waals surface area contributed by atoms with E-state index in [0.29, 0.717) is 5.06 Å². The van der Waals surface area contributed by atoms with Gasteiger partial charge in [0.1, 0.15) is 11.6 Å². The van der Waals surface area contributed by atoms with Gasteiger partial charge in [-0.1, -0.05) is 18.6 Å². The molecule has 1 aromatic carbocycles. The third-order valence-electron chi connectivity index (χ3n) is 6.30. The average Bonchev–Trinajstić information content (AvgIpc) is 3.02. The number of imide groups is 2. The molecule has 0 spiro atoms. The van der Waals surface area contributed by atoms with Crippen LogP contribution in [-0.2, 0) is 19.2 Å². The Bertz CT molecular complexity index is 931. The van der Waals surface area contributed by atoms with Gasteiger partial charge < -0.3 is 4.84 Å². The Hall–Kier alpha value is -3.07. The number of fused-ring (bicyclic) bond motifs is 1. The van der Waals surface area contributed by atoms with Crippen LogP contribution in [0.25, 0.3) is 0 Å². The van der Waals surface area contributed by atoms with Crippen LogP contribution < -0.4 is 0 Å². The molecule has 4 rings (SSSR count). The summed E-state index contributed by atoms with van der Waals surface area (Å²) in [7, 11) is 0. The van der Waals surface area contributed by atoms with E-state index in [0.717, 1.165) is 37.3 Å². The zero-order valence-electron chi connectivity index (χ0n) is 17.6. The molecular weight excluding hydrogens is 402 g/mol. The van der Waals surface area contributed by atoms with Crippen LogP contribution in [0.5, 0.6) is 0 Å². The maximum Gasteiger partial charge on any atom is 0.352 e. The Labute approximate surface area is 179 Å². The van der Waals surface area contributed by atoms with Gasteiger partial charge in [0.05, 0.1) is 11.1 Å². The van der Waals surface area contributed by atoms with E-state index in [1.54, 1.807) is 26.0 Å². The second-order valence-electron chi connectivity index (χ2n) is 8.59. The Morgan fingerprint density at radius 3 is 2.13 bits per heavy atom. The summed E-state index contributed by atoms with van der Waals surface area (Å²) in [6, 6.07) is 5.11. The number of piperidine rings is 2. The maximum atomic E-state index is 13.1. The molecule has 0 bridgehead atoms. The van der Waals surface area contributed by atoms with Gasteiger partial charge in [0, 0.05) is 6.42 Å². The zero-order valence-corrected chi connectivity index (χ0v) is 17.6. The fourth-order valence-corrected chi connectivity index (χ4v) is 4.35. The van der Waals surface area contributed by atoms with Gasteiger partial charge in [-0.3, -0.25) is 29.0 Å². The number of amides is 4. The van der Waals surface area contributed by atoms with Crippen molar-refractivity contribution in [1.82, 2.24) is 14.9 Å². The molecule has 3 heterocycles. The number of carbonyl (C=O) groups excluding carboxylic acids is 5. The van der Waals surface area contributed by atoms with E-state index in [4.69, 9.17) is 4.84 Å². The summed E-state index contributed by atoms with van der Waals surface area (Å²) in [5.41, 5.74) is -0.595. The van der Waals surface area contributed by atoms with Crippen LogP contribution >= 0.6 is 0 Å². The molecule has 0 aliphatic carbocycles. The molecule has 2 saturated heterocycles. The Morgan fingerprint density at radius 1 is 0.968 bits per heavy atom. The molecular formula is C22H25N3O6. The first kappa shape index (κ1) is 21.2. The lowest BCUT2D eigenvalue weighted by Gasteiger charge is -2.40. The predicted octanol–water partition coefficient (Wildman–Crippen LogP) is 1.52. The smallest absolute Gasteiger partial charge is 0.328 e. The summed E-state index contributed by atoms with van der Waals surface area (Å²) < 4.78 is 0. The first-order valence-electron chi connectivity index (χ1n) is 10.5. The largest absolute Gasteiger partial charge is 0.352 e. The van der Waals surface area contributed by atoms with Gasteiger partial charge in [0.15, 0.2) is 0 Å². The van der Waals surface area contributed by atoms with Gasteiger partial charge in [-0.15, -0.1) is 5.06 Å². The SMILES string of the molecule is CC(C)(C(=O)ON1C(=O)CCC(N2C(=O)c3ccccc3C2=O)C1=O)N1CCCCC1. The summed E-state index contributed by atoms with van der Waals surface area (Å²) in [5, 5.41) is 0.436. The number of hydrogen-bond acceptors (Lipinski definition) is 7. The quantitative estimate of drug-likeness (QED) is 0.671. The van der Waals surface area contributed by atoms with E-state index in [1.165, 1.54) is 12.1 Å². The first-order valence-corrected chi connectivity index (χ1v) is 10.5. The molecule has 31 heavy (non-hydrogen) atoms. The van der Waals surface area contributed by atoms with Crippen LogP contribution in [-0.4, -0.2) is 69.1 Å². The van der Waals surface area contributed by atoms with Crippen LogP contribution in [0.4, 0.5) is 0 Å². The fourth-order valence-electron chi connectivity index (χ4n) is 4.35. The van der Waals surface area contributed by atoms with E-state index >= 15 is 0 Å². The fraction of sp³-hybridized carbons (Fsp3) is 0.500. The van der Waals surface area contributed by atoms with Crippen molar-refractivity contribution >= 4 is 29.6 Å². The Balaban J connectivity index is 1.53. The number of hydrogen-bond donors (Lipinski definition) is 0. The van der Waals surface area contributed by atoms with Crippen molar-refractivity contribution in [3.8, 4) is 0 Å². The summed E-state index contributed by atoms with van der Waals surface area (Å²) in [6.45, 7) is 4.84. The zero-order chi connectivity index (χ0) is 22.3. The van der Waals surface area contributed by atoms with Crippen LogP contribution in [0.1, 0.15) is 66.7 Å². The number of carbonyl (C=O) groups is 5. The molecule has 9 heteroatoms. The van der Waals surface area contributed by atoms with Crippen molar-refractivity contribution in [3.05, 3.63) is 35.4 Å². The number of nitrogens with zero attached hydrogens (tertiary/aromatic N) is 3. The van der Waals surface area contributed by atoms with E-state index in [9.17, 15) is 24.0 Å². The monoisotopic (exact) mass is 427 g/mol. The maximum absolute atomic E-state index is 13.1. The summed E-state index contributed by atoms with van der Waals surface area (Å²) in [5.74, 6) is -3.45. The van der Waals surface area contributed by atoms with Crippen molar-refractivity contribution < 1.29 is 28.8 Å². The highest BCUT2D eigenvalue weighted by atomic mass is 16.7. The topological polar surface area (TPSA) is 104 Å². The van der Waals surface area contributed by atoms with E-state index in [-0.39, 0.29) is 24.0 Å². The van der Waals surface area contributed by atoms with Crippen LogP contribution in [0.15, 0.2) is 24.3 Å². The highest BCUT2D eigenvalue weighted by molar-refractivity contribution is 6.23. The van der Waals surface area contributed by atoms with Gasteiger partial charge in [-0.2, -0.15) is 0 Å². The van der Waals surface area contributed by atoms with Gasteiger partial charge in [0.25, 0.3) is 23.6 Å². The van der Waals surface area contributed by atoms with Crippen molar-refractivity contribution in [2.75, 3.05) is 13.1 Å². The van der Waals surface area contributed by atoms with Gasteiger partial charge in [0.2, 0.25) is 0 Å². The van der Waals surface area contributed by atoms with Crippen molar-refractivity contribution in [2.24, 2.45) is 0 Å². The number of hydroxylamine groups is 2. The Morgan fingerprint density at radius 2 is 1.55 bits per heavy atom. The molecule has 4 amide bonds. The summed E-state index contributed by atoms with van der Waals surface area (Å²) in [4.78, 5) is 72.0. The average molecular weight is 427 g/mol. The number of rotatable bonds is 4. The minimum Gasteiger partial charge on any atom is -0.328 e. The highest BCUT2D eigenvalue weighted by Gasteiger charge is 2.49. The van der Waals surface area contributed by atoms with Crippen LogP contribution in [0.2, 0.25) is 0 Å². The summed E-state index contributed by atoms with van der Waals surface area (Å²) >= 11 is 0. The van der Waals surface area contributed by atoms with Crippen molar-refractivity contribution in [3.63, 3.8) is 0 Å². The number of likely N-dealkylation sites (tertiary alicyclic amines) is 1. The van der Waals surface area contributed by atoms with Gasteiger partial charge in [-0.25, -0.2) is 4.79 Å². The van der Waals surface area contributed by atoms with Gasteiger partial charge >= 0.3 is 5.97 Å². The second kappa shape index (κ2) is 7.88. The minimum atomic E-state index is -1.20. The molecule has 0 aromatic heterocycles. The predicted molar refractivity (Wildman–Crippen MR) is 107 cm³/mol.